The lowest BCUT2D eigenvalue weighted by molar-refractivity contribution is -0.129. The summed E-state index contributed by atoms with van der Waals surface area (Å²) in [7, 11) is 0. The number of nitrogens with zero attached hydrogens (tertiary/aromatic N) is 2. The van der Waals surface area contributed by atoms with Gasteiger partial charge in [0.05, 0.1) is 6.54 Å². The highest BCUT2D eigenvalue weighted by atomic mass is 16.2. The molecule has 23 heavy (non-hydrogen) atoms. The Balaban J connectivity index is 2.41. The molecule has 0 aromatic heterocycles. The number of hydrogen-bond donors (Lipinski definition) is 3. The van der Waals surface area contributed by atoms with Crippen molar-refractivity contribution in [2.24, 2.45) is 4.99 Å². The Hall–Kier alpha value is -1.79. The van der Waals surface area contributed by atoms with Gasteiger partial charge < -0.3 is 20.9 Å². The van der Waals surface area contributed by atoms with Crippen LogP contribution < -0.4 is 16.0 Å². The lowest BCUT2D eigenvalue weighted by atomic mass is 10.3. The van der Waals surface area contributed by atoms with Crippen LogP contribution >= 0.6 is 0 Å². The van der Waals surface area contributed by atoms with Crippen molar-refractivity contribution in [3.8, 4) is 0 Å². The highest BCUT2D eigenvalue weighted by Crippen LogP contribution is 2.10. The summed E-state index contributed by atoms with van der Waals surface area (Å²) in [5.74, 6) is 0.947. The van der Waals surface area contributed by atoms with Crippen molar-refractivity contribution in [2.75, 3.05) is 32.7 Å². The normalized spacial score (nSPS) is 18.0. The minimum absolute atomic E-state index is 0.0343. The predicted octanol–water partition coefficient (Wildman–Crippen LogP) is 0.469. The van der Waals surface area contributed by atoms with Crippen molar-refractivity contribution in [3.05, 3.63) is 0 Å². The zero-order valence-electron chi connectivity index (χ0n) is 14.7. The van der Waals surface area contributed by atoms with Crippen molar-refractivity contribution in [1.82, 2.24) is 20.9 Å². The molecule has 1 aliphatic rings. The molecule has 0 bridgehead atoms. The van der Waals surface area contributed by atoms with E-state index in [1.54, 1.807) is 0 Å². The number of hydrogen-bond acceptors (Lipinski definition) is 3. The van der Waals surface area contributed by atoms with Crippen LogP contribution in [0.25, 0.3) is 0 Å². The van der Waals surface area contributed by atoms with Crippen LogP contribution in [0.2, 0.25) is 0 Å². The van der Waals surface area contributed by atoms with Gasteiger partial charge in [-0.25, -0.2) is 0 Å². The molecular weight excluding hydrogens is 294 g/mol. The van der Waals surface area contributed by atoms with Crippen LogP contribution in [0, 0.1) is 0 Å². The van der Waals surface area contributed by atoms with E-state index < -0.39 is 0 Å². The first kappa shape index (κ1) is 19.3. The molecule has 1 fully saturated rings. The van der Waals surface area contributed by atoms with Gasteiger partial charge in [0.2, 0.25) is 11.8 Å². The van der Waals surface area contributed by atoms with E-state index in [0.29, 0.717) is 38.4 Å². The first-order chi connectivity index (χ1) is 11.1. The van der Waals surface area contributed by atoms with Gasteiger partial charge in [0, 0.05) is 45.1 Å². The van der Waals surface area contributed by atoms with Crippen LogP contribution in [0.5, 0.6) is 0 Å². The maximum Gasteiger partial charge on any atom is 0.222 e. The average Bonchev–Trinajstić information content (AvgIpc) is 3.00. The molecule has 2 amide bonds. The molecule has 0 radical (unpaired) electrons. The summed E-state index contributed by atoms with van der Waals surface area (Å²) in [6.45, 7) is 9.36. The van der Waals surface area contributed by atoms with Crippen molar-refractivity contribution in [2.45, 2.75) is 52.5 Å². The number of amides is 2. The molecule has 1 saturated heterocycles. The fourth-order valence-corrected chi connectivity index (χ4v) is 2.46. The Labute approximate surface area is 139 Å². The second-order valence-corrected chi connectivity index (χ2v) is 5.68. The smallest absolute Gasteiger partial charge is 0.222 e. The van der Waals surface area contributed by atoms with E-state index in [1.165, 1.54) is 0 Å². The Kier molecular flexibility index (Phi) is 9.09. The molecule has 0 aromatic carbocycles. The van der Waals surface area contributed by atoms with Crippen LogP contribution in [0.15, 0.2) is 4.99 Å². The van der Waals surface area contributed by atoms with Crippen molar-refractivity contribution >= 4 is 17.8 Å². The van der Waals surface area contributed by atoms with Crippen LogP contribution in [0.4, 0.5) is 0 Å². The van der Waals surface area contributed by atoms with Crippen LogP contribution in [-0.4, -0.2) is 61.4 Å². The third kappa shape index (κ3) is 7.34. The lowest BCUT2D eigenvalue weighted by Gasteiger charge is -2.18. The minimum atomic E-state index is 0.0343. The highest BCUT2D eigenvalue weighted by molar-refractivity contribution is 5.81. The van der Waals surface area contributed by atoms with E-state index >= 15 is 0 Å². The Morgan fingerprint density at radius 1 is 1.22 bits per heavy atom. The largest absolute Gasteiger partial charge is 0.357 e. The number of carbonyl (C=O) groups is 2. The van der Waals surface area contributed by atoms with Gasteiger partial charge in [0.25, 0.3) is 0 Å². The summed E-state index contributed by atoms with van der Waals surface area (Å²) in [6.07, 6.45) is 2.80. The summed E-state index contributed by atoms with van der Waals surface area (Å²) in [5, 5.41) is 9.39. The second-order valence-electron chi connectivity index (χ2n) is 5.68. The predicted molar refractivity (Wildman–Crippen MR) is 92.3 cm³/mol. The number of nitrogens with one attached hydrogen (secondary N) is 3. The summed E-state index contributed by atoms with van der Waals surface area (Å²) < 4.78 is 0. The summed E-state index contributed by atoms with van der Waals surface area (Å²) >= 11 is 0. The highest BCUT2D eigenvalue weighted by Gasteiger charge is 2.25. The topological polar surface area (TPSA) is 85.8 Å². The fraction of sp³-hybridized carbons (Fsp3) is 0.812. The monoisotopic (exact) mass is 325 g/mol. The first-order valence-electron chi connectivity index (χ1n) is 8.69. The number of rotatable bonds is 8. The fourth-order valence-electron chi connectivity index (χ4n) is 2.46. The molecule has 1 unspecified atom stereocenters. The summed E-state index contributed by atoms with van der Waals surface area (Å²) in [5.41, 5.74) is 0. The zero-order chi connectivity index (χ0) is 17.1. The van der Waals surface area contributed by atoms with E-state index in [4.69, 9.17) is 0 Å². The molecule has 7 nitrogen and oxygen atoms in total. The van der Waals surface area contributed by atoms with Gasteiger partial charge >= 0.3 is 0 Å². The van der Waals surface area contributed by atoms with Gasteiger partial charge in [-0.15, -0.1) is 0 Å². The van der Waals surface area contributed by atoms with Crippen LogP contribution in [-0.2, 0) is 9.59 Å². The van der Waals surface area contributed by atoms with E-state index in [9.17, 15) is 9.59 Å². The number of aliphatic imine (C=N–C) groups is 1. The maximum atomic E-state index is 11.7. The van der Waals surface area contributed by atoms with Gasteiger partial charge in [-0.2, -0.15) is 0 Å². The van der Waals surface area contributed by atoms with Gasteiger partial charge in [-0.05, 0) is 19.8 Å². The third-order valence-electron chi connectivity index (χ3n) is 3.71. The van der Waals surface area contributed by atoms with Gasteiger partial charge in [-0.1, -0.05) is 13.8 Å². The quantitative estimate of drug-likeness (QED) is 0.447. The molecule has 0 spiro atoms. The molecular formula is C16H31N5O2. The average molecular weight is 325 g/mol. The molecule has 3 N–H and O–H groups in total. The molecule has 0 saturated carbocycles. The zero-order valence-corrected chi connectivity index (χ0v) is 14.7. The SMILES string of the molecule is CCCNC(=O)CCN=C(NCC)NC1CCN(C(=O)CC)C1. The molecule has 1 aliphatic heterocycles. The van der Waals surface area contributed by atoms with Crippen molar-refractivity contribution in [1.29, 1.82) is 0 Å². The number of likely N-dealkylation sites (tertiary alicyclic amines) is 1. The molecule has 1 atom stereocenters. The van der Waals surface area contributed by atoms with Gasteiger partial charge in [0.1, 0.15) is 0 Å². The summed E-state index contributed by atoms with van der Waals surface area (Å²) in [6, 6.07) is 0.220. The minimum Gasteiger partial charge on any atom is -0.357 e. The molecule has 132 valence electrons. The Bertz CT molecular complexity index is 411. The van der Waals surface area contributed by atoms with Crippen LogP contribution in [0.3, 0.4) is 0 Å². The van der Waals surface area contributed by atoms with E-state index in [1.807, 2.05) is 25.7 Å². The van der Waals surface area contributed by atoms with Crippen molar-refractivity contribution < 1.29 is 9.59 Å². The van der Waals surface area contributed by atoms with Gasteiger partial charge in [-0.3, -0.25) is 14.6 Å². The van der Waals surface area contributed by atoms with Crippen LogP contribution in [0.1, 0.15) is 46.5 Å². The number of guanidine groups is 1. The standard InChI is InChI=1S/C16H31N5O2/c1-4-9-18-14(22)7-10-19-16(17-6-3)20-13-8-11-21(12-13)15(23)5-2/h13H,4-12H2,1-3H3,(H,18,22)(H2,17,19,20). The molecule has 0 aromatic rings. The molecule has 0 aliphatic carbocycles. The Morgan fingerprint density at radius 2 is 2.00 bits per heavy atom. The summed E-state index contributed by atoms with van der Waals surface area (Å²) in [4.78, 5) is 29.6. The second kappa shape index (κ2) is 10.9. The lowest BCUT2D eigenvalue weighted by Crippen LogP contribution is -2.45. The van der Waals surface area contributed by atoms with E-state index in [-0.39, 0.29) is 17.9 Å². The Morgan fingerprint density at radius 3 is 2.65 bits per heavy atom. The number of carbonyl (C=O) groups excluding carboxylic acids is 2. The maximum absolute atomic E-state index is 11.7. The third-order valence-corrected chi connectivity index (χ3v) is 3.71. The van der Waals surface area contributed by atoms with E-state index in [0.717, 1.165) is 25.9 Å². The molecule has 1 heterocycles. The molecule has 1 rings (SSSR count). The van der Waals surface area contributed by atoms with Gasteiger partial charge in [0.15, 0.2) is 5.96 Å². The van der Waals surface area contributed by atoms with Crippen molar-refractivity contribution in [3.63, 3.8) is 0 Å². The first-order valence-corrected chi connectivity index (χ1v) is 8.69. The van der Waals surface area contributed by atoms with E-state index in [2.05, 4.69) is 20.9 Å². The molecule has 7 heteroatoms.